The lowest BCUT2D eigenvalue weighted by atomic mass is 10.1. The van der Waals surface area contributed by atoms with E-state index in [4.69, 9.17) is 0 Å². The molecule has 0 aliphatic carbocycles. The summed E-state index contributed by atoms with van der Waals surface area (Å²) in [6.45, 7) is 0. The van der Waals surface area contributed by atoms with Gasteiger partial charge >= 0.3 is 6.18 Å². The van der Waals surface area contributed by atoms with Crippen molar-refractivity contribution in [2.24, 2.45) is 0 Å². The number of anilines is 2. The highest BCUT2D eigenvalue weighted by Crippen LogP contribution is 2.37. The second-order valence-corrected chi connectivity index (χ2v) is 5.35. The number of para-hydroxylation sites is 1. The average molecular weight is 353 g/mol. The van der Waals surface area contributed by atoms with Crippen molar-refractivity contribution in [3.05, 3.63) is 63.7 Å². The molecule has 2 aromatic rings. The van der Waals surface area contributed by atoms with Gasteiger partial charge in [-0.25, -0.2) is 0 Å². The number of carbonyl (C=O) groups is 1. The van der Waals surface area contributed by atoms with Crippen LogP contribution in [0.1, 0.15) is 15.9 Å². The predicted molar refractivity (Wildman–Crippen MR) is 86.8 cm³/mol. The first-order valence-corrected chi connectivity index (χ1v) is 7.04. The minimum atomic E-state index is -4.70. The lowest BCUT2D eigenvalue weighted by Gasteiger charge is -2.18. The molecule has 0 aliphatic rings. The molecular weight excluding hydrogens is 339 g/mol. The Kier molecular flexibility index (Phi) is 4.96. The van der Waals surface area contributed by atoms with E-state index in [1.165, 1.54) is 29.2 Å². The van der Waals surface area contributed by atoms with Gasteiger partial charge in [-0.3, -0.25) is 14.9 Å². The zero-order chi connectivity index (χ0) is 18.8. The smallest absolute Gasteiger partial charge is 0.378 e. The molecule has 1 N–H and O–H groups in total. The van der Waals surface area contributed by atoms with Gasteiger partial charge in [0.2, 0.25) is 0 Å². The fraction of sp³-hybridized carbons (Fsp3) is 0.188. The van der Waals surface area contributed by atoms with E-state index in [1.54, 1.807) is 14.1 Å². The van der Waals surface area contributed by atoms with E-state index < -0.39 is 33.9 Å². The number of rotatable bonds is 4. The fourth-order valence-corrected chi connectivity index (χ4v) is 2.17. The van der Waals surface area contributed by atoms with Crippen LogP contribution in [0.4, 0.5) is 30.2 Å². The van der Waals surface area contributed by atoms with Gasteiger partial charge < -0.3 is 10.2 Å². The number of nitro benzene ring substituents is 1. The van der Waals surface area contributed by atoms with E-state index in [2.05, 4.69) is 5.32 Å². The SMILES string of the molecule is CN(C)c1ccc(NC(=O)c2ccccc2[N+](=O)[O-])c(C(F)(F)F)c1. The van der Waals surface area contributed by atoms with Gasteiger partial charge in [0.05, 0.1) is 16.2 Å². The molecule has 6 nitrogen and oxygen atoms in total. The first kappa shape index (κ1) is 18.2. The highest BCUT2D eigenvalue weighted by molar-refractivity contribution is 6.07. The van der Waals surface area contributed by atoms with Crippen molar-refractivity contribution in [3.63, 3.8) is 0 Å². The molecule has 1 amide bonds. The zero-order valence-electron chi connectivity index (χ0n) is 13.3. The van der Waals surface area contributed by atoms with E-state index in [0.717, 1.165) is 18.2 Å². The molecule has 0 saturated heterocycles. The molecule has 0 unspecified atom stereocenters. The minimum absolute atomic E-state index is 0.302. The van der Waals surface area contributed by atoms with E-state index in [0.29, 0.717) is 5.69 Å². The van der Waals surface area contributed by atoms with E-state index in [-0.39, 0.29) is 5.56 Å². The summed E-state index contributed by atoms with van der Waals surface area (Å²) < 4.78 is 39.8. The van der Waals surface area contributed by atoms with Gasteiger partial charge in [0.1, 0.15) is 5.56 Å². The predicted octanol–water partition coefficient (Wildman–Crippen LogP) is 3.93. The number of halogens is 3. The van der Waals surface area contributed by atoms with Crippen LogP contribution in [0.3, 0.4) is 0 Å². The lowest BCUT2D eigenvalue weighted by molar-refractivity contribution is -0.385. The molecule has 0 bridgehead atoms. The molecule has 0 radical (unpaired) electrons. The maximum Gasteiger partial charge on any atom is 0.418 e. The largest absolute Gasteiger partial charge is 0.418 e. The Morgan fingerprint density at radius 2 is 1.80 bits per heavy atom. The van der Waals surface area contributed by atoms with Gasteiger partial charge in [-0.2, -0.15) is 13.2 Å². The maximum atomic E-state index is 13.3. The molecule has 9 heteroatoms. The van der Waals surface area contributed by atoms with Crippen molar-refractivity contribution in [1.29, 1.82) is 0 Å². The second-order valence-electron chi connectivity index (χ2n) is 5.35. The van der Waals surface area contributed by atoms with E-state index >= 15 is 0 Å². The number of alkyl halides is 3. The van der Waals surface area contributed by atoms with Gasteiger partial charge in [-0.1, -0.05) is 12.1 Å². The van der Waals surface area contributed by atoms with E-state index in [9.17, 15) is 28.1 Å². The summed E-state index contributed by atoms with van der Waals surface area (Å²) in [5.74, 6) is -0.990. The Labute approximate surface area is 141 Å². The second kappa shape index (κ2) is 6.80. The van der Waals surface area contributed by atoms with Crippen molar-refractivity contribution in [2.75, 3.05) is 24.3 Å². The summed E-state index contributed by atoms with van der Waals surface area (Å²) in [7, 11) is 3.17. The Balaban J connectivity index is 2.44. The van der Waals surface area contributed by atoms with Gasteiger partial charge in [0.15, 0.2) is 0 Å². The number of nitrogens with one attached hydrogen (secondary N) is 1. The van der Waals surface area contributed by atoms with Crippen LogP contribution in [0.15, 0.2) is 42.5 Å². The Morgan fingerprint density at radius 1 is 1.16 bits per heavy atom. The summed E-state index contributed by atoms with van der Waals surface area (Å²) in [6.07, 6.45) is -4.70. The van der Waals surface area contributed by atoms with Crippen LogP contribution in [-0.4, -0.2) is 24.9 Å². The van der Waals surface area contributed by atoms with Gasteiger partial charge in [0, 0.05) is 25.8 Å². The van der Waals surface area contributed by atoms with Crippen LogP contribution in [0, 0.1) is 10.1 Å². The maximum absolute atomic E-state index is 13.3. The molecule has 132 valence electrons. The molecule has 0 atom stereocenters. The number of benzene rings is 2. The molecule has 0 saturated carbocycles. The van der Waals surface area contributed by atoms with Crippen molar-refractivity contribution < 1.29 is 22.9 Å². The van der Waals surface area contributed by atoms with Crippen molar-refractivity contribution in [2.45, 2.75) is 6.18 Å². The number of carbonyl (C=O) groups excluding carboxylic acids is 1. The summed E-state index contributed by atoms with van der Waals surface area (Å²) in [6, 6.07) is 8.46. The lowest BCUT2D eigenvalue weighted by Crippen LogP contribution is -2.19. The van der Waals surface area contributed by atoms with Crippen molar-refractivity contribution in [3.8, 4) is 0 Å². The number of hydrogen-bond donors (Lipinski definition) is 1. The minimum Gasteiger partial charge on any atom is -0.378 e. The standard InChI is InChI=1S/C16H14F3N3O3/c1-21(2)10-7-8-13(12(9-10)16(17,18)19)20-15(23)11-5-3-4-6-14(11)22(24)25/h3-9H,1-2H3,(H,20,23). The number of hydrogen-bond acceptors (Lipinski definition) is 4. The highest BCUT2D eigenvalue weighted by atomic mass is 19.4. The fourth-order valence-electron chi connectivity index (χ4n) is 2.17. The van der Waals surface area contributed by atoms with Gasteiger partial charge in [-0.05, 0) is 24.3 Å². The van der Waals surface area contributed by atoms with E-state index in [1.807, 2.05) is 0 Å². The normalized spacial score (nSPS) is 11.1. The summed E-state index contributed by atoms with van der Waals surface area (Å²) in [4.78, 5) is 23.9. The average Bonchev–Trinajstić information content (AvgIpc) is 2.53. The zero-order valence-corrected chi connectivity index (χ0v) is 13.3. The molecule has 0 fully saturated rings. The van der Waals surface area contributed by atoms with Crippen LogP contribution in [-0.2, 0) is 6.18 Å². The molecule has 0 spiro atoms. The molecule has 25 heavy (non-hydrogen) atoms. The number of amides is 1. The van der Waals surface area contributed by atoms with Crippen LogP contribution in [0.2, 0.25) is 0 Å². The number of nitrogens with zero attached hydrogens (tertiary/aromatic N) is 2. The summed E-state index contributed by atoms with van der Waals surface area (Å²) in [5, 5.41) is 13.1. The Morgan fingerprint density at radius 3 is 2.36 bits per heavy atom. The summed E-state index contributed by atoms with van der Waals surface area (Å²) in [5.41, 5.74) is -2.02. The first-order chi connectivity index (χ1) is 11.6. The molecular formula is C16H14F3N3O3. The summed E-state index contributed by atoms with van der Waals surface area (Å²) >= 11 is 0. The highest BCUT2D eigenvalue weighted by Gasteiger charge is 2.35. The first-order valence-electron chi connectivity index (χ1n) is 7.04. The van der Waals surface area contributed by atoms with Crippen LogP contribution < -0.4 is 10.2 Å². The van der Waals surface area contributed by atoms with Gasteiger partial charge in [-0.15, -0.1) is 0 Å². The Bertz CT molecular complexity index is 820. The number of nitro groups is 1. The quantitative estimate of drug-likeness (QED) is 0.667. The molecule has 0 aromatic heterocycles. The third-order valence-corrected chi connectivity index (χ3v) is 3.42. The van der Waals surface area contributed by atoms with Crippen LogP contribution in [0.5, 0.6) is 0 Å². The Hall–Kier alpha value is -3.10. The van der Waals surface area contributed by atoms with Crippen LogP contribution in [0.25, 0.3) is 0 Å². The van der Waals surface area contributed by atoms with Crippen LogP contribution >= 0.6 is 0 Å². The molecule has 2 aromatic carbocycles. The van der Waals surface area contributed by atoms with Crippen molar-refractivity contribution in [1.82, 2.24) is 0 Å². The molecule has 2 rings (SSSR count). The molecule has 0 aliphatic heterocycles. The molecule has 0 heterocycles. The van der Waals surface area contributed by atoms with Crippen molar-refractivity contribution >= 4 is 23.0 Å². The topological polar surface area (TPSA) is 75.5 Å². The van der Waals surface area contributed by atoms with Gasteiger partial charge in [0.25, 0.3) is 11.6 Å². The third-order valence-electron chi connectivity index (χ3n) is 3.42. The third kappa shape index (κ3) is 4.06. The monoisotopic (exact) mass is 353 g/mol.